The molecule has 0 spiro atoms. The number of aliphatic imine (C=N–C) groups is 1. The highest BCUT2D eigenvalue weighted by Gasteiger charge is 2.23. The van der Waals surface area contributed by atoms with Crippen LogP contribution in [0.15, 0.2) is 4.99 Å². The Morgan fingerprint density at radius 3 is 2.61 bits per heavy atom. The summed E-state index contributed by atoms with van der Waals surface area (Å²) in [5, 5.41) is 0. The smallest absolute Gasteiger partial charge is 0.209 e. The molecule has 18 heavy (non-hydrogen) atoms. The van der Waals surface area contributed by atoms with Crippen LogP contribution in [0, 0.1) is 0 Å². The average molecular weight is 256 g/mol. The first-order chi connectivity index (χ1) is 8.72. The minimum Gasteiger partial charge on any atom is -0.342 e. The molecule has 0 unspecified atom stereocenters. The number of nitrogens with two attached hydrogens (primary N) is 1. The van der Waals surface area contributed by atoms with Crippen molar-refractivity contribution >= 4 is 5.96 Å². The van der Waals surface area contributed by atoms with Gasteiger partial charge in [0.15, 0.2) is 0 Å². The fourth-order valence-electron chi connectivity index (χ4n) is 2.47. The number of hydrazine groups is 1. The van der Waals surface area contributed by atoms with E-state index in [9.17, 15) is 0 Å². The molecule has 0 aromatic rings. The number of nitrogens with one attached hydrogen (secondary N) is 2. The second kappa shape index (κ2) is 8.29. The summed E-state index contributed by atoms with van der Waals surface area (Å²) in [6, 6.07) is 0.704. The molecule has 0 aliphatic carbocycles. The Bertz CT molecular complexity index is 247. The lowest BCUT2D eigenvalue weighted by molar-refractivity contribution is 0.162. The summed E-state index contributed by atoms with van der Waals surface area (Å²) < 4.78 is 0. The van der Waals surface area contributed by atoms with Crippen molar-refractivity contribution in [2.45, 2.75) is 32.2 Å². The number of likely N-dealkylation sites (tertiary alicyclic amines) is 1. The van der Waals surface area contributed by atoms with Crippen molar-refractivity contribution in [3.63, 3.8) is 0 Å². The summed E-state index contributed by atoms with van der Waals surface area (Å²) in [5.74, 6) is 0.858. The van der Waals surface area contributed by atoms with Crippen LogP contribution in [0.3, 0.4) is 0 Å². The predicted octanol–water partition coefficient (Wildman–Crippen LogP) is -0.211. The molecule has 1 heterocycles. The zero-order chi connectivity index (χ0) is 13.4. The van der Waals surface area contributed by atoms with Crippen molar-refractivity contribution in [3.8, 4) is 0 Å². The standard InChI is InChI=1S/C12H28N6/c1-4-7-17(3)11-5-8-18(9-6-11)12(15-10-13)16-14-2/h11,14H,4-10,13H2,1-3H3,(H,15,16). The van der Waals surface area contributed by atoms with E-state index < -0.39 is 0 Å². The van der Waals surface area contributed by atoms with Crippen LogP contribution < -0.4 is 16.6 Å². The van der Waals surface area contributed by atoms with Crippen molar-refractivity contribution in [1.29, 1.82) is 0 Å². The van der Waals surface area contributed by atoms with Gasteiger partial charge in [0.1, 0.15) is 0 Å². The summed E-state index contributed by atoms with van der Waals surface area (Å²) >= 11 is 0. The Morgan fingerprint density at radius 2 is 2.11 bits per heavy atom. The van der Waals surface area contributed by atoms with E-state index in [-0.39, 0.29) is 0 Å². The quantitative estimate of drug-likeness (QED) is 0.361. The third-order valence-electron chi connectivity index (χ3n) is 3.44. The third kappa shape index (κ3) is 4.44. The maximum atomic E-state index is 5.49. The fourth-order valence-corrected chi connectivity index (χ4v) is 2.47. The fraction of sp³-hybridized carbons (Fsp3) is 0.917. The van der Waals surface area contributed by atoms with Gasteiger partial charge >= 0.3 is 0 Å². The van der Waals surface area contributed by atoms with Crippen LogP contribution in [0.4, 0.5) is 0 Å². The topological polar surface area (TPSA) is 68.9 Å². The molecule has 1 rings (SSSR count). The number of rotatable bonds is 5. The van der Waals surface area contributed by atoms with Gasteiger partial charge in [0.2, 0.25) is 5.96 Å². The second-order valence-electron chi connectivity index (χ2n) is 4.74. The van der Waals surface area contributed by atoms with E-state index in [0.29, 0.717) is 12.7 Å². The molecule has 4 N–H and O–H groups in total. The van der Waals surface area contributed by atoms with E-state index in [4.69, 9.17) is 5.73 Å². The SMILES string of the molecule is CCCN(C)C1CCN(/C(=N/CN)NNC)CC1. The highest BCUT2D eigenvalue weighted by molar-refractivity contribution is 5.79. The Kier molecular flexibility index (Phi) is 7.00. The van der Waals surface area contributed by atoms with Gasteiger partial charge in [-0.05, 0) is 32.9 Å². The van der Waals surface area contributed by atoms with Gasteiger partial charge in [0.25, 0.3) is 0 Å². The van der Waals surface area contributed by atoms with E-state index in [1.54, 1.807) is 0 Å². The largest absolute Gasteiger partial charge is 0.342 e. The maximum absolute atomic E-state index is 5.49. The second-order valence-corrected chi connectivity index (χ2v) is 4.74. The van der Waals surface area contributed by atoms with E-state index in [2.05, 4.69) is 39.6 Å². The van der Waals surface area contributed by atoms with Gasteiger partial charge in [-0.25, -0.2) is 10.4 Å². The lowest BCUT2D eigenvalue weighted by Crippen LogP contribution is -2.52. The first kappa shape index (κ1) is 15.2. The zero-order valence-electron chi connectivity index (χ0n) is 11.9. The van der Waals surface area contributed by atoms with E-state index in [1.165, 1.54) is 25.8 Å². The van der Waals surface area contributed by atoms with Crippen LogP contribution in [0.1, 0.15) is 26.2 Å². The van der Waals surface area contributed by atoms with Crippen LogP contribution in [-0.2, 0) is 0 Å². The van der Waals surface area contributed by atoms with E-state index in [1.807, 2.05) is 7.05 Å². The van der Waals surface area contributed by atoms with Gasteiger partial charge in [-0.15, -0.1) is 0 Å². The van der Waals surface area contributed by atoms with E-state index >= 15 is 0 Å². The van der Waals surface area contributed by atoms with Crippen molar-refractivity contribution in [2.24, 2.45) is 10.7 Å². The summed E-state index contributed by atoms with van der Waals surface area (Å²) in [7, 11) is 4.07. The van der Waals surface area contributed by atoms with Crippen LogP contribution in [0.2, 0.25) is 0 Å². The highest BCUT2D eigenvalue weighted by atomic mass is 15.5. The van der Waals surface area contributed by atoms with Gasteiger partial charge < -0.3 is 15.5 Å². The van der Waals surface area contributed by atoms with Gasteiger partial charge in [-0.1, -0.05) is 6.92 Å². The minimum atomic E-state index is 0.319. The molecule has 1 fully saturated rings. The average Bonchev–Trinajstić information content (AvgIpc) is 2.39. The molecule has 1 aliphatic heterocycles. The molecule has 0 saturated carbocycles. The van der Waals surface area contributed by atoms with Crippen molar-refractivity contribution in [3.05, 3.63) is 0 Å². The first-order valence-corrected chi connectivity index (χ1v) is 6.85. The summed E-state index contributed by atoms with van der Waals surface area (Å²) in [6.07, 6.45) is 3.59. The normalized spacial score (nSPS) is 18.5. The summed E-state index contributed by atoms with van der Waals surface area (Å²) in [6.45, 7) is 5.80. The minimum absolute atomic E-state index is 0.319. The molecule has 0 radical (unpaired) electrons. The Labute approximate surface area is 111 Å². The lowest BCUT2D eigenvalue weighted by Gasteiger charge is -2.38. The Morgan fingerprint density at radius 1 is 1.44 bits per heavy atom. The van der Waals surface area contributed by atoms with Crippen LogP contribution in [0.25, 0.3) is 0 Å². The number of guanidine groups is 1. The van der Waals surface area contributed by atoms with Crippen LogP contribution >= 0.6 is 0 Å². The van der Waals surface area contributed by atoms with Gasteiger partial charge in [0.05, 0.1) is 6.67 Å². The van der Waals surface area contributed by atoms with Gasteiger partial charge in [0, 0.05) is 26.2 Å². The summed E-state index contributed by atoms with van der Waals surface area (Å²) in [5.41, 5.74) is 11.5. The predicted molar refractivity (Wildman–Crippen MR) is 76.2 cm³/mol. The molecule has 0 amide bonds. The van der Waals surface area contributed by atoms with Crippen molar-refractivity contribution in [1.82, 2.24) is 20.7 Å². The Hall–Kier alpha value is -0.850. The number of hydrogen-bond acceptors (Lipinski definition) is 4. The monoisotopic (exact) mass is 256 g/mol. The van der Waals surface area contributed by atoms with Gasteiger partial charge in [-0.2, -0.15) is 0 Å². The first-order valence-electron chi connectivity index (χ1n) is 6.85. The van der Waals surface area contributed by atoms with Crippen LogP contribution in [0.5, 0.6) is 0 Å². The van der Waals surface area contributed by atoms with Crippen LogP contribution in [-0.4, -0.2) is 62.2 Å². The molecule has 0 atom stereocenters. The zero-order valence-corrected chi connectivity index (χ0v) is 11.9. The number of hydrogen-bond donors (Lipinski definition) is 3. The molecule has 6 heteroatoms. The molecule has 0 bridgehead atoms. The molecule has 106 valence electrons. The molecule has 1 saturated heterocycles. The number of nitrogens with zero attached hydrogens (tertiary/aromatic N) is 3. The third-order valence-corrected chi connectivity index (χ3v) is 3.44. The molecule has 6 nitrogen and oxygen atoms in total. The molecular weight excluding hydrogens is 228 g/mol. The van der Waals surface area contributed by atoms with E-state index in [0.717, 1.165) is 19.0 Å². The summed E-state index contributed by atoms with van der Waals surface area (Å²) in [4.78, 5) is 9.02. The van der Waals surface area contributed by atoms with Crippen molar-refractivity contribution < 1.29 is 0 Å². The number of piperidine rings is 1. The lowest BCUT2D eigenvalue weighted by atomic mass is 10.0. The Balaban J connectivity index is 2.44. The molecule has 0 aromatic carbocycles. The molecule has 1 aliphatic rings. The van der Waals surface area contributed by atoms with Gasteiger partial charge in [-0.3, -0.25) is 5.43 Å². The maximum Gasteiger partial charge on any atom is 0.209 e. The highest BCUT2D eigenvalue weighted by Crippen LogP contribution is 2.15. The molecule has 0 aromatic heterocycles. The molecular formula is C12H28N6. The van der Waals surface area contributed by atoms with Crippen molar-refractivity contribution in [2.75, 3.05) is 40.4 Å².